The summed E-state index contributed by atoms with van der Waals surface area (Å²) in [6.07, 6.45) is -8.52. The Morgan fingerprint density at radius 3 is 2.57 bits per heavy atom. The summed E-state index contributed by atoms with van der Waals surface area (Å²) >= 11 is 0. The van der Waals surface area contributed by atoms with Crippen molar-refractivity contribution in [1.29, 1.82) is 0 Å². The van der Waals surface area contributed by atoms with Gasteiger partial charge in [0.2, 0.25) is 5.78 Å². The maximum absolute atomic E-state index is 12.0. The fourth-order valence-corrected chi connectivity index (χ4v) is 0.995. The fourth-order valence-electron chi connectivity index (χ4n) is 0.995. The van der Waals surface area contributed by atoms with Crippen LogP contribution in [0.1, 0.15) is 6.42 Å². The molecular formula is C7H7F3O4. The van der Waals surface area contributed by atoms with Crippen molar-refractivity contribution in [1.82, 2.24) is 0 Å². The van der Waals surface area contributed by atoms with Gasteiger partial charge in [0.25, 0.3) is 6.29 Å². The van der Waals surface area contributed by atoms with Crippen LogP contribution >= 0.6 is 0 Å². The van der Waals surface area contributed by atoms with Crippen LogP contribution in [0.25, 0.3) is 0 Å². The number of ether oxygens (including phenoxy) is 2. The van der Waals surface area contributed by atoms with E-state index in [0.29, 0.717) is 0 Å². The van der Waals surface area contributed by atoms with E-state index in [-0.39, 0.29) is 19.3 Å². The standard InChI is InChI=1S/C7H7F3O4/c8-7(9,10)6-13-2-1-5(14-6)4(12)3-11/h3,5-6H,1-2H2. The zero-order valence-electron chi connectivity index (χ0n) is 6.91. The van der Waals surface area contributed by atoms with E-state index < -0.39 is 24.4 Å². The highest BCUT2D eigenvalue weighted by molar-refractivity contribution is 6.27. The average molecular weight is 212 g/mol. The van der Waals surface area contributed by atoms with E-state index in [9.17, 15) is 22.8 Å². The highest BCUT2D eigenvalue weighted by Gasteiger charge is 2.46. The first kappa shape index (κ1) is 11.1. The van der Waals surface area contributed by atoms with Gasteiger partial charge in [0, 0.05) is 6.42 Å². The highest BCUT2D eigenvalue weighted by Crippen LogP contribution is 2.28. The SMILES string of the molecule is O=CC(=O)C1CCOC(C(F)(F)F)O1. The van der Waals surface area contributed by atoms with Crippen LogP contribution in [0.4, 0.5) is 13.2 Å². The largest absolute Gasteiger partial charge is 0.440 e. The number of hydrogen-bond donors (Lipinski definition) is 0. The van der Waals surface area contributed by atoms with Gasteiger partial charge in [0.05, 0.1) is 6.61 Å². The molecule has 7 heteroatoms. The Kier molecular flexibility index (Phi) is 3.22. The number of alkyl halides is 3. The van der Waals surface area contributed by atoms with E-state index in [1.807, 2.05) is 0 Å². The second kappa shape index (κ2) is 4.05. The van der Waals surface area contributed by atoms with Crippen LogP contribution in [0, 0.1) is 0 Å². The summed E-state index contributed by atoms with van der Waals surface area (Å²) in [5.41, 5.74) is 0. The number of rotatable bonds is 2. The molecule has 0 aromatic carbocycles. The Balaban J connectivity index is 2.60. The highest BCUT2D eigenvalue weighted by atomic mass is 19.4. The zero-order valence-corrected chi connectivity index (χ0v) is 6.91. The minimum atomic E-state index is -4.68. The predicted octanol–water partition coefficient (Wildman–Crippen LogP) is 0.448. The smallest absolute Gasteiger partial charge is 0.345 e. The normalized spacial score (nSPS) is 28.5. The van der Waals surface area contributed by atoms with Crippen molar-refractivity contribution in [3.8, 4) is 0 Å². The summed E-state index contributed by atoms with van der Waals surface area (Å²) in [6.45, 7) is -0.256. The quantitative estimate of drug-likeness (QED) is 0.492. The monoisotopic (exact) mass is 212 g/mol. The van der Waals surface area contributed by atoms with Gasteiger partial charge in [-0.2, -0.15) is 13.2 Å². The summed E-state index contributed by atoms with van der Waals surface area (Å²) in [4.78, 5) is 20.7. The van der Waals surface area contributed by atoms with E-state index in [2.05, 4.69) is 9.47 Å². The van der Waals surface area contributed by atoms with Crippen molar-refractivity contribution in [3.63, 3.8) is 0 Å². The third-order valence-corrected chi connectivity index (χ3v) is 1.64. The molecule has 1 rings (SSSR count). The molecule has 2 unspecified atom stereocenters. The Morgan fingerprint density at radius 2 is 2.07 bits per heavy atom. The number of ketones is 1. The van der Waals surface area contributed by atoms with Gasteiger partial charge in [-0.05, 0) is 0 Å². The van der Waals surface area contributed by atoms with Crippen molar-refractivity contribution < 1.29 is 32.2 Å². The first-order chi connectivity index (χ1) is 6.45. The lowest BCUT2D eigenvalue weighted by Crippen LogP contribution is -2.45. The molecule has 0 spiro atoms. The number of carbonyl (C=O) groups is 2. The molecule has 0 aromatic heterocycles. The summed E-state index contributed by atoms with van der Waals surface area (Å²) in [5, 5.41) is 0. The van der Waals surface area contributed by atoms with Crippen LogP contribution in [0.5, 0.6) is 0 Å². The molecule has 2 atom stereocenters. The van der Waals surface area contributed by atoms with Crippen LogP contribution in [0.2, 0.25) is 0 Å². The molecule has 4 nitrogen and oxygen atoms in total. The first-order valence-electron chi connectivity index (χ1n) is 3.78. The molecule has 0 amide bonds. The Morgan fingerprint density at radius 1 is 1.43 bits per heavy atom. The molecule has 1 aliphatic heterocycles. The number of halogens is 3. The van der Waals surface area contributed by atoms with E-state index in [0.717, 1.165) is 0 Å². The van der Waals surface area contributed by atoms with Crippen molar-refractivity contribution in [2.24, 2.45) is 0 Å². The van der Waals surface area contributed by atoms with Crippen molar-refractivity contribution in [2.75, 3.05) is 6.61 Å². The lowest BCUT2D eigenvalue weighted by molar-refractivity contribution is -0.335. The maximum atomic E-state index is 12.0. The molecule has 14 heavy (non-hydrogen) atoms. The van der Waals surface area contributed by atoms with Gasteiger partial charge < -0.3 is 9.47 Å². The lowest BCUT2D eigenvalue weighted by Gasteiger charge is -2.29. The van der Waals surface area contributed by atoms with Gasteiger partial charge in [-0.1, -0.05) is 0 Å². The second-order valence-electron chi connectivity index (χ2n) is 2.68. The molecule has 0 saturated carbocycles. The van der Waals surface area contributed by atoms with Crippen LogP contribution in [-0.2, 0) is 19.1 Å². The fraction of sp³-hybridized carbons (Fsp3) is 0.714. The van der Waals surface area contributed by atoms with E-state index in [4.69, 9.17) is 0 Å². The van der Waals surface area contributed by atoms with Gasteiger partial charge >= 0.3 is 6.18 Å². The number of aldehydes is 1. The van der Waals surface area contributed by atoms with E-state index in [1.165, 1.54) is 0 Å². The number of hydrogen-bond acceptors (Lipinski definition) is 4. The first-order valence-corrected chi connectivity index (χ1v) is 3.78. The van der Waals surface area contributed by atoms with E-state index in [1.54, 1.807) is 0 Å². The van der Waals surface area contributed by atoms with Crippen molar-refractivity contribution in [3.05, 3.63) is 0 Å². The Hall–Kier alpha value is -0.950. The van der Waals surface area contributed by atoms with Gasteiger partial charge in [-0.25, -0.2) is 0 Å². The minimum absolute atomic E-state index is 0.0375. The number of Topliss-reactive ketones (excluding diaryl/α,β-unsaturated/α-hetero) is 1. The van der Waals surface area contributed by atoms with Crippen molar-refractivity contribution in [2.45, 2.75) is 25.0 Å². The summed E-state index contributed by atoms with van der Waals surface area (Å²) < 4.78 is 44.6. The van der Waals surface area contributed by atoms with Gasteiger partial charge in [0.15, 0.2) is 6.29 Å². The molecule has 0 bridgehead atoms. The third-order valence-electron chi connectivity index (χ3n) is 1.64. The molecular weight excluding hydrogens is 205 g/mol. The molecule has 0 aliphatic carbocycles. The van der Waals surface area contributed by atoms with Gasteiger partial charge in [-0.15, -0.1) is 0 Å². The zero-order chi connectivity index (χ0) is 10.8. The summed E-state index contributed by atoms with van der Waals surface area (Å²) in [7, 11) is 0. The molecule has 1 heterocycles. The molecule has 1 fully saturated rings. The Bertz CT molecular complexity index is 238. The molecule has 1 aliphatic rings. The van der Waals surface area contributed by atoms with Crippen molar-refractivity contribution >= 4 is 12.1 Å². The van der Waals surface area contributed by atoms with Gasteiger partial charge in [0.1, 0.15) is 6.10 Å². The topological polar surface area (TPSA) is 52.6 Å². The number of carbonyl (C=O) groups excluding carboxylic acids is 2. The predicted molar refractivity (Wildman–Crippen MR) is 36.4 cm³/mol. The summed E-state index contributed by atoms with van der Waals surface area (Å²) in [6, 6.07) is 0. The maximum Gasteiger partial charge on any atom is 0.440 e. The van der Waals surface area contributed by atoms with Crippen LogP contribution in [0.15, 0.2) is 0 Å². The molecule has 0 aromatic rings. The molecule has 80 valence electrons. The van der Waals surface area contributed by atoms with Crippen LogP contribution in [0.3, 0.4) is 0 Å². The molecule has 1 saturated heterocycles. The van der Waals surface area contributed by atoms with Crippen LogP contribution in [-0.4, -0.2) is 37.2 Å². The Labute approximate surface area is 77.0 Å². The minimum Gasteiger partial charge on any atom is -0.345 e. The third kappa shape index (κ3) is 2.52. The summed E-state index contributed by atoms with van der Waals surface area (Å²) in [5.74, 6) is -0.998. The van der Waals surface area contributed by atoms with Crippen LogP contribution < -0.4 is 0 Å². The lowest BCUT2D eigenvalue weighted by atomic mass is 10.2. The molecule has 0 N–H and O–H groups in total. The average Bonchev–Trinajstić information content (AvgIpc) is 2.15. The van der Waals surface area contributed by atoms with E-state index >= 15 is 0 Å². The second-order valence-corrected chi connectivity index (χ2v) is 2.68. The molecule has 0 radical (unpaired) electrons. The van der Waals surface area contributed by atoms with Gasteiger partial charge in [-0.3, -0.25) is 9.59 Å².